The van der Waals surface area contributed by atoms with Crippen LogP contribution in [-0.4, -0.2) is 17.9 Å². The number of benzene rings is 3. The van der Waals surface area contributed by atoms with Gasteiger partial charge in [-0.05, 0) is 65.7 Å². The molecule has 0 aliphatic carbocycles. The fourth-order valence-electron chi connectivity index (χ4n) is 3.52. The summed E-state index contributed by atoms with van der Waals surface area (Å²) in [4.78, 5) is 4.83. The molecule has 0 fully saturated rings. The van der Waals surface area contributed by atoms with Crippen LogP contribution in [0, 0.1) is 5.82 Å². The number of phenolic OH excluding ortho intramolecular Hbond substituents is 1. The highest BCUT2D eigenvalue weighted by atomic mass is 35.5. The second-order valence-electron chi connectivity index (χ2n) is 6.89. The van der Waals surface area contributed by atoms with Crippen molar-refractivity contribution in [3.63, 3.8) is 0 Å². The van der Waals surface area contributed by atoms with E-state index in [-0.39, 0.29) is 17.6 Å². The van der Waals surface area contributed by atoms with E-state index in [0.29, 0.717) is 22.6 Å². The summed E-state index contributed by atoms with van der Waals surface area (Å²) in [6.45, 7) is 0. The van der Waals surface area contributed by atoms with Gasteiger partial charge in [-0.3, -0.25) is 10.3 Å². The minimum Gasteiger partial charge on any atom is -0.508 e. The number of aliphatic imine (C=N–C) groups is 1. The number of nitrogens with one attached hydrogen (secondary N) is 1. The van der Waals surface area contributed by atoms with Crippen molar-refractivity contribution in [2.45, 2.75) is 18.6 Å². The van der Waals surface area contributed by atoms with Crippen LogP contribution in [0.25, 0.3) is 0 Å². The number of ether oxygens (including phenoxy) is 1. The molecule has 6 heteroatoms. The van der Waals surface area contributed by atoms with Crippen LogP contribution in [0.5, 0.6) is 11.5 Å². The van der Waals surface area contributed by atoms with E-state index in [2.05, 4.69) is 5.32 Å². The van der Waals surface area contributed by atoms with Crippen molar-refractivity contribution in [1.29, 1.82) is 0 Å². The zero-order valence-corrected chi connectivity index (χ0v) is 16.5. The van der Waals surface area contributed by atoms with Gasteiger partial charge in [-0.25, -0.2) is 4.39 Å². The van der Waals surface area contributed by atoms with Crippen LogP contribution < -0.4 is 10.1 Å². The van der Waals surface area contributed by atoms with Crippen LogP contribution in [0.3, 0.4) is 0 Å². The maximum absolute atomic E-state index is 13.8. The first-order chi connectivity index (χ1) is 14.0. The van der Waals surface area contributed by atoms with Crippen LogP contribution in [-0.2, 0) is 0 Å². The molecule has 4 nitrogen and oxygen atoms in total. The first-order valence-electron chi connectivity index (χ1n) is 9.24. The Labute approximate surface area is 173 Å². The zero-order chi connectivity index (χ0) is 20.4. The Bertz CT molecular complexity index is 1050. The van der Waals surface area contributed by atoms with Crippen LogP contribution in [0.15, 0.2) is 71.7 Å². The highest BCUT2D eigenvalue weighted by Gasteiger charge is 2.28. The fraction of sp³-hybridized carbons (Fsp3) is 0.174. The topological polar surface area (TPSA) is 53.8 Å². The van der Waals surface area contributed by atoms with Crippen molar-refractivity contribution >= 4 is 17.3 Å². The lowest BCUT2D eigenvalue weighted by atomic mass is 9.93. The van der Waals surface area contributed by atoms with E-state index in [1.165, 1.54) is 12.1 Å². The molecule has 3 aromatic carbocycles. The number of halogens is 2. The molecule has 0 bridgehead atoms. The standard InChI is InChI=1S/C23H20ClFN2O2/c1-29-18-8-5-14(6-9-18)20-13-21(19-12-16(24)7-10-22(19)28)27-23(26-20)15-3-2-4-17(25)11-15/h2-12,21,23,27-28H,13H2,1H3/t21-,23+/m0/s1. The summed E-state index contributed by atoms with van der Waals surface area (Å²) in [5.41, 5.74) is 3.19. The highest BCUT2D eigenvalue weighted by Crippen LogP contribution is 2.36. The van der Waals surface area contributed by atoms with E-state index in [1.807, 2.05) is 30.3 Å². The molecule has 0 saturated carbocycles. The van der Waals surface area contributed by atoms with Gasteiger partial charge in [0, 0.05) is 28.8 Å². The van der Waals surface area contributed by atoms with Crippen molar-refractivity contribution in [2.24, 2.45) is 4.99 Å². The molecule has 2 atom stereocenters. The molecule has 4 rings (SSSR count). The van der Waals surface area contributed by atoms with Crippen molar-refractivity contribution < 1.29 is 14.2 Å². The second kappa shape index (κ2) is 8.23. The number of hydrogen-bond donors (Lipinski definition) is 2. The molecule has 2 N–H and O–H groups in total. The maximum Gasteiger partial charge on any atom is 0.126 e. The maximum atomic E-state index is 13.8. The molecule has 0 radical (unpaired) electrons. The van der Waals surface area contributed by atoms with Crippen molar-refractivity contribution in [3.8, 4) is 11.5 Å². The second-order valence-corrected chi connectivity index (χ2v) is 7.32. The van der Waals surface area contributed by atoms with Gasteiger partial charge in [0.05, 0.1) is 7.11 Å². The van der Waals surface area contributed by atoms with Crippen LogP contribution in [0.2, 0.25) is 5.02 Å². The number of rotatable bonds is 4. The van der Waals surface area contributed by atoms with Crippen molar-refractivity contribution in [2.75, 3.05) is 7.11 Å². The molecule has 0 amide bonds. The van der Waals surface area contributed by atoms with Crippen molar-refractivity contribution in [1.82, 2.24) is 5.32 Å². The Morgan fingerprint density at radius 2 is 1.90 bits per heavy atom. The van der Waals surface area contributed by atoms with Crippen LogP contribution in [0.4, 0.5) is 4.39 Å². The zero-order valence-electron chi connectivity index (χ0n) is 15.8. The average Bonchev–Trinajstić information content (AvgIpc) is 2.75. The number of phenols is 1. The predicted molar refractivity (Wildman–Crippen MR) is 112 cm³/mol. The van der Waals surface area contributed by atoms with Gasteiger partial charge in [0.1, 0.15) is 23.5 Å². The Kier molecular flexibility index (Phi) is 5.51. The predicted octanol–water partition coefficient (Wildman–Crippen LogP) is 5.42. The van der Waals surface area contributed by atoms with Gasteiger partial charge in [0.25, 0.3) is 0 Å². The van der Waals surface area contributed by atoms with Gasteiger partial charge in [-0.1, -0.05) is 23.7 Å². The lowest BCUT2D eigenvalue weighted by molar-refractivity contribution is 0.411. The number of aromatic hydroxyl groups is 1. The first kappa shape index (κ1) is 19.4. The van der Waals surface area contributed by atoms with Gasteiger partial charge in [-0.15, -0.1) is 0 Å². The normalized spacial score (nSPS) is 18.9. The van der Waals surface area contributed by atoms with Crippen molar-refractivity contribution in [3.05, 3.63) is 94.3 Å². The van der Waals surface area contributed by atoms with Gasteiger partial charge in [0.15, 0.2) is 0 Å². The highest BCUT2D eigenvalue weighted by molar-refractivity contribution is 6.30. The average molecular weight is 411 g/mol. The summed E-state index contributed by atoms with van der Waals surface area (Å²) in [6, 6.07) is 18.7. The smallest absolute Gasteiger partial charge is 0.126 e. The summed E-state index contributed by atoms with van der Waals surface area (Å²) in [6.07, 6.45) is 0.0893. The summed E-state index contributed by atoms with van der Waals surface area (Å²) in [5, 5.41) is 14.3. The molecule has 0 aromatic heterocycles. The van der Waals surface area contributed by atoms with E-state index < -0.39 is 6.17 Å². The van der Waals surface area contributed by atoms with E-state index in [4.69, 9.17) is 21.3 Å². The van der Waals surface area contributed by atoms with Crippen LogP contribution >= 0.6 is 11.6 Å². The Hall–Kier alpha value is -2.89. The molecule has 29 heavy (non-hydrogen) atoms. The Morgan fingerprint density at radius 1 is 1.10 bits per heavy atom. The lowest BCUT2D eigenvalue weighted by Crippen LogP contribution is -2.33. The quantitative estimate of drug-likeness (QED) is 0.604. The van der Waals surface area contributed by atoms with Gasteiger partial charge < -0.3 is 9.84 Å². The van der Waals surface area contributed by atoms with E-state index in [1.54, 1.807) is 31.4 Å². The summed E-state index contributed by atoms with van der Waals surface area (Å²) in [7, 11) is 1.62. The SMILES string of the molecule is COc1ccc(C2=N[C@@H](c3cccc(F)c3)N[C@H](c3cc(Cl)ccc3O)C2)cc1. The van der Waals surface area contributed by atoms with Gasteiger partial charge in [0.2, 0.25) is 0 Å². The molecular weight excluding hydrogens is 391 g/mol. The summed E-state index contributed by atoms with van der Waals surface area (Å²) >= 11 is 6.16. The fourth-order valence-corrected chi connectivity index (χ4v) is 3.70. The number of nitrogens with zero attached hydrogens (tertiary/aromatic N) is 1. The van der Waals surface area contributed by atoms with Gasteiger partial charge in [-0.2, -0.15) is 0 Å². The Balaban J connectivity index is 1.76. The first-order valence-corrected chi connectivity index (χ1v) is 9.62. The molecule has 1 aliphatic heterocycles. The van der Waals surface area contributed by atoms with Gasteiger partial charge >= 0.3 is 0 Å². The lowest BCUT2D eigenvalue weighted by Gasteiger charge is -2.31. The molecule has 1 aliphatic rings. The third-order valence-electron chi connectivity index (χ3n) is 4.99. The van der Waals surface area contributed by atoms with Crippen LogP contribution in [0.1, 0.15) is 35.3 Å². The molecule has 1 heterocycles. The monoisotopic (exact) mass is 410 g/mol. The Morgan fingerprint density at radius 3 is 2.62 bits per heavy atom. The van der Waals surface area contributed by atoms with E-state index >= 15 is 0 Å². The summed E-state index contributed by atoms with van der Waals surface area (Å²) < 4.78 is 19.1. The van der Waals surface area contributed by atoms with E-state index in [9.17, 15) is 9.50 Å². The summed E-state index contributed by atoms with van der Waals surface area (Å²) in [5.74, 6) is 0.591. The molecule has 0 spiro atoms. The number of methoxy groups -OCH3 is 1. The molecule has 0 saturated heterocycles. The van der Waals surface area contributed by atoms with E-state index in [0.717, 1.165) is 17.0 Å². The minimum absolute atomic E-state index is 0.154. The molecule has 148 valence electrons. The third-order valence-corrected chi connectivity index (χ3v) is 5.23. The minimum atomic E-state index is -0.458. The molecular formula is C23H20ClFN2O2. The third kappa shape index (κ3) is 4.26. The molecule has 0 unspecified atom stereocenters. The molecule has 3 aromatic rings. The largest absolute Gasteiger partial charge is 0.508 e. The number of hydrogen-bond acceptors (Lipinski definition) is 4.